The fourth-order valence-corrected chi connectivity index (χ4v) is 2.04. The molecule has 0 saturated heterocycles. The van der Waals surface area contributed by atoms with E-state index in [0.29, 0.717) is 12.1 Å². The van der Waals surface area contributed by atoms with E-state index in [1.165, 1.54) is 0 Å². The van der Waals surface area contributed by atoms with Gasteiger partial charge in [-0.2, -0.15) is 0 Å². The van der Waals surface area contributed by atoms with E-state index in [0.717, 1.165) is 35.7 Å². The molecule has 21 heavy (non-hydrogen) atoms. The number of anilines is 1. The Bertz CT molecular complexity index is 620. The second kappa shape index (κ2) is 6.92. The minimum atomic E-state index is -0.110. The molecule has 0 spiro atoms. The molecule has 0 aliphatic heterocycles. The Morgan fingerprint density at radius 1 is 1.29 bits per heavy atom. The van der Waals surface area contributed by atoms with Crippen molar-refractivity contribution >= 4 is 11.6 Å². The van der Waals surface area contributed by atoms with Gasteiger partial charge in [-0.3, -0.25) is 4.79 Å². The summed E-state index contributed by atoms with van der Waals surface area (Å²) in [4.78, 5) is 12.1. The largest absolute Gasteiger partial charge is 0.385 e. The Balaban J connectivity index is 1.97. The standard InChI is InChI=1S/C16H21N3O2/c1-4-7-17-15-6-5-13(8-11(15)2)16(20)18-10-14-9-12(3)21-19-14/h5-6,8-9,17H,4,7,10H2,1-3H3,(H,18,20). The zero-order valence-corrected chi connectivity index (χ0v) is 12.7. The molecule has 0 bridgehead atoms. The predicted molar refractivity (Wildman–Crippen MR) is 82.4 cm³/mol. The lowest BCUT2D eigenvalue weighted by Crippen LogP contribution is -2.23. The molecule has 0 aliphatic rings. The van der Waals surface area contributed by atoms with Gasteiger partial charge in [0.15, 0.2) is 0 Å². The molecule has 1 aromatic carbocycles. The van der Waals surface area contributed by atoms with Crippen LogP contribution in [0, 0.1) is 13.8 Å². The van der Waals surface area contributed by atoms with E-state index in [9.17, 15) is 4.79 Å². The topological polar surface area (TPSA) is 67.2 Å². The highest BCUT2D eigenvalue weighted by Gasteiger charge is 2.08. The molecule has 0 atom stereocenters. The number of amides is 1. The van der Waals surface area contributed by atoms with Crippen molar-refractivity contribution < 1.29 is 9.32 Å². The molecule has 1 heterocycles. The van der Waals surface area contributed by atoms with Crippen molar-refractivity contribution in [3.8, 4) is 0 Å². The number of aryl methyl sites for hydroxylation is 2. The van der Waals surface area contributed by atoms with Crippen LogP contribution in [0.3, 0.4) is 0 Å². The molecular weight excluding hydrogens is 266 g/mol. The lowest BCUT2D eigenvalue weighted by Gasteiger charge is -2.10. The Morgan fingerprint density at radius 3 is 2.71 bits per heavy atom. The summed E-state index contributed by atoms with van der Waals surface area (Å²) in [6, 6.07) is 7.47. The number of nitrogens with one attached hydrogen (secondary N) is 2. The quantitative estimate of drug-likeness (QED) is 0.857. The first-order valence-electron chi connectivity index (χ1n) is 7.15. The van der Waals surface area contributed by atoms with Gasteiger partial charge in [-0.1, -0.05) is 12.1 Å². The van der Waals surface area contributed by atoms with Crippen LogP contribution in [0.5, 0.6) is 0 Å². The van der Waals surface area contributed by atoms with Gasteiger partial charge in [0, 0.05) is 23.9 Å². The predicted octanol–water partition coefficient (Wildman–Crippen LogP) is 3.04. The lowest BCUT2D eigenvalue weighted by molar-refractivity contribution is 0.0950. The molecule has 0 radical (unpaired) electrons. The fourth-order valence-electron chi connectivity index (χ4n) is 2.04. The van der Waals surface area contributed by atoms with Crippen LogP contribution in [0.15, 0.2) is 28.8 Å². The van der Waals surface area contributed by atoms with Crippen molar-refractivity contribution in [3.05, 3.63) is 46.8 Å². The lowest BCUT2D eigenvalue weighted by atomic mass is 10.1. The summed E-state index contributed by atoms with van der Waals surface area (Å²) in [7, 11) is 0. The Labute approximate surface area is 124 Å². The normalized spacial score (nSPS) is 10.4. The molecule has 1 amide bonds. The summed E-state index contributed by atoms with van der Waals surface area (Å²) in [5.74, 6) is 0.627. The van der Waals surface area contributed by atoms with Gasteiger partial charge in [0.2, 0.25) is 0 Å². The first-order valence-corrected chi connectivity index (χ1v) is 7.15. The second-order valence-electron chi connectivity index (χ2n) is 5.07. The Morgan fingerprint density at radius 2 is 2.10 bits per heavy atom. The van der Waals surface area contributed by atoms with E-state index in [-0.39, 0.29) is 5.91 Å². The summed E-state index contributed by atoms with van der Waals surface area (Å²) in [6.07, 6.45) is 1.07. The van der Waals surface area contributed by atoms with Crippen LogP contribution in [0.4, 0.5) is 5.69 Å². The van der Waals surface area contributed by atoms with Crippen molar-refractivity contribution in [1.82, 2.24) is 10.5 Å². The number of carbonyl (C=O) groups is 1. The van der Waals surface area contributed by atoms with Gasteiger partial charge in [-0.15, -0.1) is 0 Å². The molecule has 0 unspecified atom stereocenters. The second-order valence-corrected chi connectivity index (χ2v) is 5.07. The van der Waals surface area contributed by atoms with Crippen LogP contribution >= 0.6 is 0 Å². The van der Waals surface area contributed by atoms with Gasteiger partial charge in [0.05, 0.1) is 6.54 Å². The average molecular weight is 287 g/mol. The van der Waals surface area contributed by atoms with E-state index >= 15 is 0 Å². The fraction of sp³-hybridized carbons (Fsp3) is 0.375. The molecule has 0 aliphatic carbocycles. The number of aromatic nitrogens is 1. The molecule has 2 aromatic rings. The first kappa shape index (κ1) is 15.1. The van der Waals surface area contributed by atoms with E-state index < -0.39 is 0 Å². The number of benzene rings is 1. The van der Waals surface area contributed by atoms with E-state index in [4.69, 9.17) is 4.52 Å². The van der Waals surface area contributed by atoms with Crippen LogP contribution in [-0.4, -0.2) is 17.6 Å². The van der Waals surface area contributed by atoms with Gasteiger partial charge in [-0.05, 0) is 44.0 Å². The maximum Gasteiger partial charge on any atom is 0.251 e. The van der Waals surface area contributed by atoms with Gasteiger partial charge in [0.25, 0.3) is 5.91 Å². The van der Waals surface area contributed by atoms with Gasteiger partial charge in [-0.25, -0.2) is 0 Å². The summed E-state index contributed by atoms with van der Waals surface area (Å²) in [6.45, 7) is 7.23. The van der Waals surface area contributed by atoms with Crippen LogP contribution in [0.2, 0.25) is 0 Å². The third-order valence-corrected chi connectivity index (χ3v) is 3.16. The van der Waals surface area contributed by atoms with Crippen LogP contribution in [0.1, 0.15) is 40.7 Å². The summed E-state index contributed by atoms with van der Waals surface area (Å²) in [5, 5.41) is 10.0. The molecule has 5 heteroatoms. The third kappa shape index (κ3) is 4.08. The van der Waals surface area contributed by atoms with Crippen molar-refractivity contribution in [2.75, 3.05) is 11.9 Å². The SMILES string of the molecule is CCCNc1ccc(C(=O)NCc2cc(C)on2)cc1C. The third-order valence-electron chi connectivity index (χ3n) is 3.16. The van der Waals surface area contributed by atoms with Crippen LogP contribution in [0.25, 0.3) is 0 Å². The molecule has 0 saturated carbocycles. The minimum absolute atomic E-state index is 0.110. The zero-order chi connectivity index (χ0) is 15.2. The number of hydrogen-bond donors (Lipinski definition) is 2. The molecule has 1 aromatic heterocycles. The van der Waals surface area contributed by atoms with Crippen LogP contribution in [-0.2, 0) is 6.54 Å². The number of rotatable bonds is 6. The van der Waals surface area contributed by atoms with Crippen molar-refractivity contribution in [2.24, 2.45) is 0 Å². The number of carbonyl (C=O) groups excluding carboxylic acids is 1. The van der Waals surface area contributed by atoms with Crippen molar-refractivity contribution in [3.63, 3.8) is 0 Å². The van der Waals surface area contributed by atoms with Gasteiger partial charge >= 0.3 is 0 Å². The average Bonchev–Trinajstić information content (AvgIpc) is 2.89. The number of nitrogens with zero attached hydrogens (tertiary/aromatic N) is 1. The summed E-state index contributed by atoms with van der Waals surface area (Å²) < 4.78 is 4.97. The number of hydrogen-bond acceptors (Lipinski definition) is 4. The van der Waals surface area contributed by atoms with Gasteiger partial charge < -0.3 is 15.2 Å². The molecule has 5 nitrogen and oxygen atoms in total. The Kier molecular flexibility index (Phi) is 4.98. The van der Waals surface area contributed by atoms with E-state index in [1.807, 2.05) is 38.1 Å². The zero-order valence-electron chi connectivity index (χ0n) is 12.7. The highest BCUT2D eigenvalue weighted by molar-refractivity contribution is 5.94. The van der Waals surface area contributed by atoms with E-state index in [1.54, 1.807) is 0 Å². The Hall–Kier alpha value is -2.30. The minimum Gasteiger partial charge on any atom is -0.385 e. The summed E-state index contributed by atoms with van der Waals surface area (Å²) >= 11 is 0. The monoisotopic (exact) mass is 287 g/mol. The molecule has 2 rings (SSSR count). The summed E-state index contributed by atoms with van der Waals surface area (Å²) in [5.41, 5.74) is 3.50. The maximum atomic E-state index is 12.1. The van der Waals surface area contributed by atoms with E-state index in [2.05, 4.69) is 22.7 Å². The van der Waals surface area contributed by atoms with Crippen molar-refractivity contribution in [2.45, 2.75) is 33.7 Å². The molecular formula is C16H21N3O2. The van der Waals surface area contributed by atoms with Gasteiger partial charge in [0.1, 0.15) is 11.5 Å². The smallest absolute Gasteiger partial charge is 0.251 e. The molecule has 2 N–H and O–H groups in total. The highest BCUT2D eigenvalue weighted by Crippen LogP contribution is 2.16. The molecule has 112 valence electrons. The van der Waals surface area contributed by atoms with Crippen molar-refractivity contribution in [1.29, 1.82) is 0 Å². The van der Waals surface area contributed by atoms with Crippen LogP contribution < -0.4 is 10.6 Å². The molecule has 0 fully saturated rings. The first-order chi connectivity index (χ1) is 10.1. The maximum absolute atomic E-state index is 12.1. The highest BCUT2D eigenvalue weighted by atomic mass is 16.5.